The summed E-state index contributed by atoms with van der Waals surface area (Å²) < 4.78 is 0. The van der Waals surface area contributed by atoms with Gasteiger partial charge in [0.15, 0.2) is 5.96 Å². The van der Waals surface area contributed by atoms with Gasteiger partial charge in [-0.15, -0.1) is 35.3 Å². The number of hydrogen-bond donors (Lipinski definition) is 2. The summed E-state index contributed by atoms with van der Waals surface area (Å²) in [5, 5.41) is 8.54. The van der Waals surface area contributed by atoms with Crippen molar-refractivity contribution >= 4 is 52.9 Å². The highest BCUT2D eigenvalue weighted by atomic mass is 127. The fourth-order valence-corrected chi connectivity index (χ4v) is 3.00. The molecule has 0 bridgehead atoms. The molecule has 1 aromatic carbocycles. The van der Waals surface area contributed by atoms with Crippen LogP contribution in [0, 0.1) is 0 Å². The second kappa shape index (κ2) is 11.7. The molecule has 2 rings (SSSR count). The van der Waals surface area contributed by atoms with Crippen LogP contribution in [0.25, 0.3) is 0 Å². The molecule has 0 saturated heterocycles. The van der Waals surface area contributed by atoms with Gasteiger partial charge in [-0.3, -0.25) is 0 Å². The van der Waals surface area contributed by atoms with Gasteiger partial charge >= 0.3 is 0 Å². The summed E-state index contributed by atoms with van der Waals surface area (Å²) in [7, 11) is 0. The minimum absolute atomic E-state index is 0. The van der Waals surface area contributed by atoms with E-state index in [2.05, 4.69) is 34.5 Å². The molecular weight excluding hydrogens is 455 g/mol. The third-order valence-corrected chi connectivity index (χ3v) is 4.71. The van der Waals surface area contributed by atoms with E-state index in [0.29, 0.717) is 6.54 Å². The highest BCUT2D eigenvalue weighted by molar-refractivity contribution is 14.0. The van der Waals surface area contributed by atoms with Crippen LogP contribution in [0.4, 0.5) is 0 Å². The van der Waals surface area contributed by atoms with E-state index < -0.39 is 0 Å². The Morgan fingerprint density at radius 1 is 1.21 bits per heavy atom. The molecule has 0 unspecified atom stereocenters. The zero-order chi connectivity index (χ0) is 16.5. The number of rotatable bonds is 7. The van der Waals surface area contributed by atoms with Crippen molar-refractivity contribution in [3.8, 4) is 0 Å². The molecule has 1 heterocycles. The van der Waals surface area contributed by atoms with Crippen LogP contribution < -0.4 is 10.6 Å². The van der Waals surface area contributed by atoms with E-state index in [0.717, 1.165) is 42.5 Å². The number of nitrogens with one attached hydrogen (secondary N) is 2. The number of nitrogens with zero attached hydrogens (tertiary/aromatic N) is 2. The van der Waals surface area contributed by atoms with Gasteiger partial charge in [0, 0.05) is 35.6 Å². The molecule has 0 aliphatic rings. The van der Waals surface area contributed by atoms with Gasteiger partial charge < -0.3 is 10.6 Å². The molecule has 2 aromatic rings. The lowest BCUT2D eigenvalue weighted by molar-refractivity contribution is 0.796. The van der Waals surface area contributed by atoms with E-state index in [4.69, 9.17) is 11.6 Å². The highest BCUT2D eigenvalue weighted by Crippen LogP contribution is 2.13. The Balaban J connectivity index is 0.00000288. The number of aromatic nitrogens is 1. The van der Waals surface area contributed by atoms with E-state index in [1.165, 1.54) is 9.88 Å². The topological polar surface area (TPSA) is 49.3 Å². The van der Waals surface area contributed by atoms with Crippen LogP contribution in [0.1, 0.15) is 29.3 Å². The maximum Gasteiger partial charge on any atom is 0.191 e. The maximum atomic E-state index is 5.90. The average molecular weight is 479 g/mol. The van der Waals surface area contributed by atoms with Crippen molar-refractivity contribution in [3.63, 3.8) is 0 Å². The molecule has 0 atom stereocenters. The van der Waals surface area contributed by atoms with Crippen LogP contribution in [0.15, 0.2) is 35.5 Å². The number of thiazole rings is 1. The van der Waals surface area contributed by atoms with E-state index in [9.17, 15) is 0 Å². The molecule has 1 aromatic heterocycles. The predicted molar refractivity (Wildman–Crippen MR) is 115 cm³/mol. The molecule has 24 heavy (non-hydrogen) atoms. The van der Waals surface area contributed by atoms with Gasteiger partial charge in [-0.2, -0.15) is 0 Å². The van der Waals surface area contributed by atoms with Crippen molar-refractivity contribution in [1.29, 1.82) is 0 Å². The summed E-state index contributed by atoms with van der Waals surface area (Å²) in [5.41, 5.74) is 1.14. The Morgan fingerprint density at radius 2 is 1.96 bits per heavy atom. The van der Waals surface area contributed by atoms with Crippen LogP contribution >= 0.6 is 46.9 Å². The van der Waals surface area contributed by atoms with Crippen molar-refractivity contribution in [2.24, 2.45) is 4.99 Å². The quantitative estimate of drug-likeness (QED) is 0.355. The minimum Gasteiger partial charge on any atom is -0.357 e. The first kappa shape index (κ1) is 21.2. The molecule has 0 fully saturated rings. The van der Waals surface area contributed by atoms with Crippen LogP contribution in [0.2, 0.25) is 5.02 Å². The molecule has 0 aliphatic heterocycles. The van der Waals surface area contributed by atoms with Crippen molar-refractivity contribution in [2.75, 3.05) is 13.1 Å². The summed E-state index contributed by atoms with van der Waals surface area (Å²) in [6.07, 6.45) is 3.94. The second-order valence-electron chi connectivity index (χ2n) is 5.07. The van der Waals surface area contributed by atoms with E-state index in [1.54, 1.807) is 11.3 Å². The highest BCUT2D eigenvalue weighted by Gasteiger charge is 2.02. The van der Waals surface area contributed by atoms with Gasteiger partial charge in [-0.1, -0.05) is 30.7 Å². The number of halogens is 2. The fraction of sp³-hybridized carbons (Fsp3) is 0.412. The molecule has 0 spiro atoms. The SMILES string of the molecule is CCNC(=NCc1ccc(Cl)cc1)NCCc1ncc(CC)s1.I. The van der Waals surface area contributed by atoms with Gasteiger partial charge in [-0.05, 0) is 31.0 Å². The summed E-state index contributed by atoms with van der Waals surface area (Å²) in [4.78, 5) is 10.4. The third kappa shape index (κ3) is 7.36. The monoisotopic (exact) mass is 478 g/mol. The summed E-state index contributed by atoms with van der Waals surface area (Å²) in [6.45, 7) is 6.51. The van der Waals surface area contributed by atoms with E-state index in [-0.39, 0.29) is 24.0 Å². The van der Waals surface area contributed by atoms with Crippen molar-refractivity contribution in [1.82, 2.24) is 15.6 Å². The number of aryl methyl sites for hydroxylation is 1. The fourth-order valence-electron chi connectivity index (χ4n) is 2.02. The molecule has 2 N–H and O–H groups in total. The van der Waals surface area contributed by atoms with Crippen LogP contribution in [-0.4, -0.2) is 24.0 Å². The Morgan fingerprint density at radius 3 is 2.58 bits per heavy atom. The largest absolute Gasteiger partial charge is 0.357 e. The minimum atomic E-state index is 0. The number of aliphatic imine (C=N–C) groups is 1. The van der Waals surface area contributed by atoms with Crippen molar-refractivity contribution < 1.29 is 0 Å². The lowest BCUT2D eigenvalue weighted by Gasteiger charge is -2.10. The third-order valence-electron chi connectivity index (χ3n) is 3.26. The molecular formula is C17H24ClIN4S. The molecule has 0 saturated carbocycles. The normalized spacial score (nSPS) is 11.0. The van der Waals surface area contributed by atoms with Gasteiger partial charge in [0.25, 0.3) is 0 Å². The van der Waals surface area contributed by atoms with Crippen molar-refractivity contribution in [2.45, 2.75) is 33.2 Å². The average Bonchev–Trinajstić information content (AvgIpc) is 3.02. The Bertz CT molecular complexity index is 628. The van der Waals surface area contributed by atoms with Gasteiger partial charge in [-0.25, -0.2) is 9.98 Å². The van der Waals surface area contributed by atoms with Gasteiger partial charge in [0.05, 0.1) is 11.6 Å². The van der Waals surface area contributed by atoms with E-state index in [1.807, 2.05) is 30.5 Å². The lowest BCUT2D eigenvalue weighted by atomic mass is 10.2. The molecule has 0 radical (unpaired) electrons. The van der Waals surface area contributed by atoms with Crippen LogP contribution in [-0.2, 0) is 19.4 Å². The van der Waals surface area contributed by atoms with Crippen molar-refractivity contribution in [3.05, 3.63) is 50.9 Å². The van der Waals surface area contributed by atoms with Crippen LogP contribution in [0.5, 0.6) is 0 Å². The van der Waals surface area contributed by atoms with Gasteiger partial charge in [0.1, 0.15) is 0 Å². The molecule has 7 heteroatoms. The first-order valence-corrected chi connectivity index (χ1v) is 9.11. The van der Waals surface area contributed by atoms with Gasteiger partial charge in [0.2, 0.25) is 0 Å². The first-order valence-electron chi connectivity index (χ1n) is 7.91. The second-order valence-corrected chi connectivity index (χ2v) is 6.71. The predicted octanol–water partition coefficient (Wildman–Crippen LogP) is 4.27. The Labute approximate surface area is 170 Å². The molecule has 0 amide bonds. The smallest absolute Gasteiger partial charge is 0.191 e. The zero-order valence-electron chi connectivity index (χ0n) is 14.0. The first-order chi connectivity index (χ1) is 11.2. The molecule has 0 aliphatic carbocycles. The number of guanidine groups is 1. The molecule has 132 valence electrons. The summed E-state index contributed by atoms with van der Waals surface area (Å²) >= 11 is 7.68. The number of benzene rings is 1. The lowest BCUT2D eigenvalue weighted by Crippen LogP contribution is -2.38. The Hall–Kier alpha value is -0.860. The maximum absolute atomic E-state index is 5.90. The van der Waals surface area contributed by atoms with Crippen LogP contribution in [0.3, 0.4) is 0 Å². The summed E-state index contributed by atoms with van der Waals surface area (Å²) in [5.74, 6) is 0.828. The standard InChI is InChI=1S/C17H23ClN4S.HI/c1-3-15-12-21-16(23-15)9-10-20-17(19-4-2)22-11-13-5-7-14(18)8-6-13;/h5-8,12H,3-4,9-11H2,1-2H3,(H2,19,20,22);1H. The van der Waals surface area contributed by atoms with E-state index >= 15 is 0 Å². The molecule has 4 nitrogen and oxygen atoms in total. The summed E-state index contributed by atoms with van der Waals surface area (Å²) in [6, 6.07) is 7.77. The number of hydrogen-bond acceptors (Lipinski definition) is 3. The Kier molecular flexibility index (Phi) is 10.3. The zero-order valence-corrected chi connectivity index (χ0v) is 17.9.